The third kappa shape index (κ3) is 3.49. The normalized spacial score (nSPS) is 19.3. The molecular formula is C13H15ClN2O2S. The largest absolute Gasteiger partial charge is 0.330 e. The first kappa shape index (κ1) is 14.4. The molecule has 0 radical (unpaired) electrons. The molecule has 1 aliphatic rings. The summed E-state index contributed by atoms with van der Waals surface area (Å²) >= 11 is 6.91. The zero-order valence-corrected chi connectivity index (χ0v) is 11.9. The topological polar surface area (TPSA) is 63.4 Å². The molecule has 1 saturated heterocycles. The van der Waals surface area contributed by atoms with Crippen molar-refractivity contribution >= 4 is 34.5 Å². The molecule has 1 heterocycles. The zero-order chi connectivity index (χ0) is 13.8. The molecule has 0 spiro atoms. The molecule has 2 N–H and O–H groups in total. The van der Waals surface area contributed by atoms with Crippen LogP contribution in [0.1, 0.15) is 12.0 Å². The van der Waals surface area contributed by atoms with Gasteiger partial charge in [-0.2, -0.15) is 0 Å². The monoisotopic (exact) mass is 298 g/mol. The van der Waals surface area contributed by atoms with Crippen LogP contribution in [-0.4, -0.2) is 34.4 Å². The van der Waals surface area contributed by atoms with Crippen molar-refractivity contribution in [3.63, 3.8) is 0 Å². The molecule has 2 amide bonds. The third-order valence-corrected chi connectivity index (χ3v) is 4.25. The minimum absolute atomic E-state index is 0.113. The number of nitrogens with two attached hydrogens (primary N) is 1. The van der Waals surface area contributed by atoms with Crippen molar-refractivity contribution in [1.82, 2.24) is 4.90 Å². The van der Waals surface area contributed by atoms with Crippen LogP contribution in [0.15, 0.2) is 24.3 Å². The molecule has 1 aromatic rings. The Bertz CT molecular complexity index is 478. The Morgan fingerprint density at radius 1 is 1.26 bits per heavy atom. The average molecular weight is 299 g/mol. The van der Waals surface area contributed by atoms with E-state index in [1.54, 1.807) is 12.1 Å². The predicted octanol–water partition coefficient (Wildman–Crippen LogP) is 2.30. The van der Waals surface area contributed by atoms with Crippen molar-refractivity contribution in [3.05, 3.63) is 34.9 Å². The fourth-order valence-corrected chi connectivity index (χ4v) is 3.10. The average Bonchev–Trinajstić information content (AvgIpc) is 2.65. The molecule has 1 fully saturated rings. The molecule has 102 valence electrons. The number of hydrogen-bond acceptors (Lipinski definition) is 4. The van der Waals surface area contributed by atoms with Crippen molar-refractivity contribution in [3.8, 4) is 0 Å². The standard InChI is InChI=1S/C13H15ClN2O2S/c14-10-4-2-9(3-5-10)8-11-12(17)16(7-1-6-15)13(18)19-11/h2-5,11H,1,6-8,15H2/t11-/m1/s1. The Morgan fingerprint density at radius 3 is 2.58 bits per heavy atom. The quantitative estimate of drug-likeness (QED) is 0.906. The van der Waals surface area contributed by atoms with E-state index in [0.29, 0.717) is 31.0 Å². The lowest BCUT2D eigenvalue weighted by molar-refractivity contribution is -0.126. The van der Waals surface area contributed by atoms with Gasteiger partial charge in [-0.1, -0.05) is 35.5 Å². The first-order valence-electron chi connectivity index (χ1n) is 6.08. The highest BCUT2D eigenvalue weighted by Gasteiger charge is 2.38. The van der Waals surface area contributed by atoms with Crippen LogP contribution in [0.4, 0.5) is 4.79 Å². The Labute approximate surface area is 121 Å². The molecule has 2 rings (SSSR count). The second-order valence-electron chi connectivity index (χ2n) is 4.34. The van der Waals surface area contributed by atoms with Crippen LogP contribution in [0.25, 0.3) is 0 Å². The molecule has 0 bridgehead atoms. The molecule has 4 nitrogen and oxygen atoms in total. The number of hydrogen-bond donors (Lipinski definition) is 1. The third-order valence-electron chi connectivity index (χ3n) is 2.93. The molecule has 19 heavy (non-hydrogen) atoms. The van der Waals surface area contributed by atoms with Crippen LogP contribution in [0.5, 0.6) is 0 Å². The van der Waals surface area contributed by atoms with Gasteiger partial charge in [-0.15, -0.1) is 0 Å². The number of rotatable bonds is 5. The molecule has 0 aromatic heterocycles. The van der Waals surface area contributed by atoms with Crippen molar-refractivity contribution in [2.45, 2.75) is 18.1 Å². The van der Waals surface area contributed by atoms with Gasteiger partial charge in [-0.25, -0.2) is 0 Å². The van der Waals surface area contributed by atoms with E-state index < -0.39 is 0 Å². The summed E-state index contributed by atoms with van der Waals surface area (Å²) in [4.78, 5) is 25.2. The van der Waals surface area contributed by atoms with E-state index in [9.17, 15) is 9.59 Å². The summed E-state index contributed by atoms with van der Waals surface area (Å²) in [6.07, 6.45) is 1.19. The van der Waals surface area contributed by atoms with E-state index in [2.05, 4.69) is 0 Å². The highest BCUT2D eigenvalue weighted by molar-refractivity contribution is 8.15. The first-order valence-corrected chi connectivity index (χ1v) is 7.34. The summed E-state index contributed by atoms with van der Waals surface area (Å²) in [6.45, 7) is 0.891. The van der Waals surface area contributed by atoms with Crippen molar-refractivity contribution < 1.29 is 9.59 Å². The van der Waals surface area contributed by atoms with Gasteiger partial charge < -0.3 is 5.73 Å². The predicted molar refractivity (Wildman–Crippen MR) is 77.3 cm³/mol. The molecule has 6 heteroatoms. The lowest BCUT2D eigenvalue weighted by Gasteiger charge is -2.12. The van der Waals surface area contributed by atoms with Gasteiger partial charge in [0.15, 0.2) is 0 Å². The van der Waals surface area contributed by atoms with Crippen LogP contribution >= 0.6 is 23.4 Å². The van der Waals surface area contributed by atoms with Gasteiger partial charge in [-0.05, 0) is 37.1 Å². The van der Waals surface area contributed by atoms with Crippen LogP contribution in [0.2, 0.25) is 5.02 Å². The van der Waals surface area contributed by atoms with Crippen LogP contribution in [0.3, 0.4) is 0 Å². The molecule has 1 aliphatic heterocycles. The Morgan fingerprint density at radius 2 is 1.95 bits per heavy atom. The number of halogens is 1. The zero-order valence-electron chi connectivity index (χ0n) is 10.3. The van der Waals surface area contributed by atoms with E-state index in [0.717, 1.165) is 17.3 Å². The van der Waals surface area contributed by atoms with E-state index >= 15 is 0 Å². The van der Waals surface area contributed by atoms with Gasteiger partial charge >= 0.3 is 0 Å². The maximum Gasteiger partial charge on any atom is 0.289 e. The highest BCUT2D eigenvalue weighted by atomic mass is 35.5. The van der Waals surface area contributed by atoms with Crippen molar-refractivity contribution in [2.75, 3.05) is 13.1 Å². The second-order valence-corrected chi connectivity index (χ2v) is 5.93. The van der Waals surface area contributed by atoms with Gasteiger partial charge in [0.2, 0.25) is 5.91 Å². The van der Waals surface area contributed by atoms with Crippen LogP contribution < -0.4 is 5.73 Å². The summed E-state index contributed by atoms with van der Waals surface area (Å²) in [6, 6.07) is 7.33. The van der Waals surface area contributed by atoms with Crippen molar-refractivity contribution in [2.24, 2.45) is 5.73 Å². The maximum absolute atomic E-state index is 12.1. The summed E-state index contributed by atoms with van der Waals surface area (Å²) in [7, 11) is 0. The summed E-state index contributed by atoms with van der Waals surface area (Å²) < 4.78 is 0. The first-order chi connectivity index (χ1) is 9.11. The Kier molecular flexibility index (Phi) is 4.85. The number of carbonyl (C=O) groups excluding carboxylic acids is 2. The number of nitrogens with zero attached hydrogens (tertiary/aromatic N) is 1. The number of thioether (sulfide) groups is 1. The number of benzene rings is 1. The minimum Gasteiger partial charge on any atom is -0.330 e. The van der Waals surface area contributed by atoms with E-state index in [1.807, 2.05) is 12.1 Å². The van der Waals surface area contributed by atoms with Crippen molar-refractivity contribution in [1.29, 1.82) is 0 Å². The molecule has 0 aliphatic carbocycles. The SMILES string of the molecule is NCCCN1C(=O)S[C@H](Cc2ccc(Cl)cc2)C1=O. The summed E-state index contributed by atoms with van der Waals surface area (Å²) in [5.74, 6) is -0.113. The van der Waals surface area contributed by atoms with E-state index in [1.165, 1.54) is 4.90 Å². The lowest BCUT2D eigenvalue weighted by atomic mass is 10.1. The fraction of sp³-hybridized carbons (Fsp3) is 0.385. The highest BCUT2D eigenvalue weighted by Crippen LogP contribution is 2.29. The molecule has 0 saturated carbocycles. The number of imide groups is 1. The molecule has 0 unspecified atom stereocenters. The molecule has 1 atom stereocenters. The van der Waals surface area contributed by atoms with Gasteiger partial charge in [0.25, 0.3) is 5.24 Å². The van der Waals surface area contributed by atoms with Crippen LogP contribution in [-0.2, 0) is 11.2 Å². The minimum atomic E-state index is -0.327. The molecular weight excluding hydrogens is 284 g/mol. The number of carbonyl (C=O) groups is 2. The van der Waals surface area contributed by atoms with E-state index in [4.69, 9.17) is 17.3 Å². The van der Waals surface area contributed by atoms with E-state index in [-0.39, 0.29) is 16.4 Å². The lowest BCUT2D eigenvalue weighted by Crippen LogP contribution is -2.33. The van der Waals surface area contributed by atoms with Gasteiger partial charge in [-0.3, -0.25) is 14.5 Å². The summed E-state index contributed by atoms with van der Waals surface area (Å²) in [5, 5.41) is 0.165. The molecule has 1 aromatic carbocycles. The second kappa shape index (κ2) is 6.41. The number of amides is 2. The van der Waals surface area contributed by atoms with Gasteiger partial charge in [0.1, 0.15) is 0 Å². The summed E-state index contributed by atoms with van der Waals surface area (Å²) in [5.41, 5.74) is 6.40. The Balaban J connectivity index is 2.00. The Hall–Kier alpha value is -1.04. The smallest absolute Gasteiger partial charge is 0.289 e. The maximum atomic E-state index is 12.1. The van der Waals surface area contributed by atoms with Gasteiger partial charge in [0, 0.05) is 11.6 Å². The fourth-order valence-electron chi connectivity index (χ4n) is 1.91. The van der Waals surface area contributed by atoms with Crippen LogP contribution in [0, 0.1) is 0 Å². The van der Waals surface area contributed by atoms with Gasteiger partial charge in [0.05, 0.1) is 5.25 Å².